The van der Waals surface area contributed by atoms with Gasteiger partial charge in [0.1, 0.15) is 11.5 Å². The quantitative estimate of drug-likeness (QED) is 0.321. The van der Waals surface area contributed by atoms with Gasteiger partial charge < -0.3 is 15.2 Å². The summed E-state index contributed by atoms with van der Waals surface area (Å²) in [6.45, 7) is 4.56. The predicted octanol–water partition coefficient (Wildman–Crippen LogP) is 6.61. The number of nitrogens with zero attached hydrogens (tertiary/aromatic N) is 1. The van der Waals surface area contributed by atoms with Crippen molar-refractivity contribution in [3.8, 4) is 11.5 Å². The van der Waals surface area contributed by atoms with E-state index in [1.54, 1.807) is 43.5 Å². The predicted molar refractivity (Wildman–Crippen MR) is 136 cm³/mol. The van der Waals surface area contributed by atoms with Crippen LogP contribution in [0, 0.1) is 0 Å². The molecule has 0 aliphatic heterocycles. The van der Waals surface area contributed by atoms with Gasteiger partial charge in [-0.15, -0.1) is 0 Å². The van der Waals surface area contributed by atoms with Crippen molar-refractivity contribution < 1.29 is 23.4 Å². The Bertz CT molecular complexity index is 1220. The van der Waals surface area contributed by atoms with Crippen LogP contribution in [0.4, 0.5) is 8.78 Å². The van der Waals surface area contributed by atoms with Crippen molar-refractivity contribution in [1.82, 2.24) is 5.32 Å². The van der Waals surface area contributed by atoms with E-state index in [1.165, 1.54) is 24.3 Å². The first-order valence-electron chi connectivity index (χ1n) is 11.6. The van der Waals surface area contributed by atoms with Crippen molar-refractivity contribution in [2.24, 2.45) is 4.99 Å². The van der Waals surface area contributed by atoms with E-state index in [0.29, 0.717) is 29.2 Å². The van der Waals surface area contributed by atoms with Gasteiger partial charge in [0.25, 0.3) is 11.8 Å². The molecule has 3 aromatic carbocycles. The molecular weight excluding hydrogens is 450 g/mol. The second-order valence-electron chi connectivity index (χ2n) is 8.17. The van der Waals surface area contributed by atoms with Gasteiger partial charge in [-0.05, 0) is 73.7 Å². The number of aliphatic imine (C=N–C) groups is 1. The minimum absolute atomic E-state index is 0.0828. The average molecular weight is 481 g/mol. The lowest BCUT2D eigenvalue weighted by Crippen LogP contribution is -2.36. The number of nitrogens with one attached hydrogen (secondary N) is 1. The first-order chi connectivity index (χ1) is 16.8. The van der Waals surface area contributed by atoms with Crippen molar-refractivity contribution in [3.63, 3.8) is 0 Å². The molecule has 0 fully saturated rings. The maximum absolute atomic E-state index is 13.5. The molecule has 184 valence electrons. The minimum Gasteiger partial charge on any atom is -0.457 e. The van der Waals surface area contributed by atoms with Crippen molar-refractivity contribution in [3.05, 3.63) is 83.6 Å². The fourth-order valence-electron chi connectivity index (χ4n) is 3.73. The van der Waals surface area contributed by atoms with Crippen molar-refractivity contribution in [1.29, 1.82) is 0 Å². The molecule has 0 saturated carbocycles. The van der Waals surface area contributed by atoms with Crippen LogP contribution in [0.15, 0.2) is 77.4 Å². The minimum atomic E-state index is -2.92. The van der Waals surface area contributed by atoms with E-state index in [0.717, 1.165) is 24.1 Å². The van der Waals surface area contributed by atoms with Gasteiger partial charge in [0.05, 0.1) is 11.7 Å². The second kappa shape index (κ2) is 11.7. The van der Waals surface area contributed by atoms with Crippen LogP contribution in [0.5, 0.6) is 11.5 Å². The molecule has 1 amide bonds. The SMILES string of the molecule is CC=N/C(=C\CC)C(CCO)NC(=O)c1ccc2c(Oc3ccc(C(C)(F)F)cc3)cccc2c1. The molecule has 3 aromatic rings. The molecule has 5 nitrogen and oxygen atoms in total. The van der Waals surface area contributed by atoms with E-state index in [2.05, 4.69) is 10.3 Å². The topological polar surface area (TPSA) is 70.9 Å². The smallest absolute Gasteiger partial charge is 0.270 e. The first kappa shape index (κ1) is 26.0. The van der Waals surface area contributed by atoms with E-state index >= 15 is 0 Å². The molecule has 2 N–H and O–H groups in total. The zero-order valence-corrected chi connectivity index (χ0v) is 20.1. The van der Waals surface area contributed by atoms with Crippen LogP contribution in [0.3, 0.4) is 0 Å². The van der Waals surface area contributed by atoms with Gasteiger partial charge in [-0.2, -0.15) is 0 Å². The molecule has 7 heteroatoms. The molecule has 0 aromatic heterocycles. The summed E-state index contributed by atoms with van der Waals surface area (Å²) in [6.07, 6.45) is 4.70. The van der Waals surface area contributed by atoms with Crippen LogP contribution in [0.2, 0.25) is 0 Å². The number of hydrogen-bond donors (Lipinski definition) is 2. The number of aliphatic hydroxyl groups is 1. The van der Waals surface area contributed by atoms with Gasteiger partial charge >= 0.3 is 0 Å². The number of carbonyl (C=O) groups is 1. The zero-order chi connectivity index (χ0) is 25.4. The van der Waals surface area contributed by atoms with Crippen LogP contribution >= 0.6 is 0 Å². The number of rotatable bonds is 10. The van der Waals surface area contributed by atoms with Crippen LogP contribution in [-0.2, 0) is 5.92 Å². The molecule has 35 heavy (non-hydrogen) atoms. The van der Waals surface area contributed by atoms with Gasteiger partial charge in [-0.25, -0.2) is 8.78 Å². The molecule has 0 spiro atoms. The van der Waals surface area contributed by atoms with Crippen LogP contribution in [0.25, 0.3) is 10.8 Å². The summed E-state index contributed by atoms with van der Waals surface area (Å²) in [4.78, 5) is 17.4. The molecule has 0 heterocycles. The zero-order valence-electron chi connectivity index (χ0n) is 20.1. The van der Waals surface area contributed by atoms with Gasteiger partial charge in [-0.3, -0.25) is 9.79 Å². The summed E-state index contributed by atoms with van der Waals surface area (Å²) >= 11 is 0. The Morgan fingerprint density at radius 1 is 1.17 bits per heavy atom. The molecule has 0 radical (unpaired) electrons. The van der Waals surface area contributed by atoms with E-state index in [4.69, 9.17) is 4.74 Å². The summed E-state index contributed by atoms with van der Waals surface area (Å²) in [5.74, 6) is -2.21. The number of benzene rings is 3. The number of amides is 1. The monoisotopic (exact) mass is 480 g/mol. The fraction of sp³-hybridized carbons (Fsp3) is 0.286. The molecule has 3 rings (SSSR count). The Kier molecular flexibility index (Phi) is 8.71. The number of hydrogen-bond acceptors (Lipinski definition) is 4. The molecule has 0 aliphatic rings. The first-order valence-corrected chi connectivity index (χ1v) is 11.6. The van der Waals surface area contributed by atoms with Gasteiger partial charge in [-0.1, -0.05) is 25.1 Å². The maximum atomic E-state index is 13.5. The van der Waals surface area contributed by atoms with Crippen LogP contribution < -0.4 is 10.1 Å². The molecule has 0 saturated heterocycles. The summed E-state index contributed by atoms with van der Waals surface area (Å²) in [6, 6.07) is 16.0. The number of allylic oxidation sites excluding steroid dienone is 1. The summed E-state index contributed by atoms with van der Waals surface area (Å²) in [7, 11) is 0. The highest BCUT2D eigenvalue weighted by Gasteiger charge is 2.24. The normalized spacial score (nSPS) is 13.3. The third-order valence-corrected chi connectivity index (χ3v) is 5.46. The summed E-state index contributed by atoms with van der Waals surface area (Å²) < 4.78 is 32.9. The molecular formula is C28H30F2N2O3. The molecule has 0 bridgehead atoms. The lowest BCUT2D eigenvalue weighted by molar-refractivity contribution is 0.0174. The second-order valence-corrected chi connectivity index (χ2v) is 8.17. The van der Waals surface area contributed by atoms with Gasteiger partial charge in [0.15, 0.2) is 0 Å². The Morgan fingerprint density at radius 3 is 2.54 bits per heavy atom. The Balaban J connectivity index is 1.83. The lowest BCUT2D eigenvalue weighted by Gasteiger charge is -2.19. The van der Waals surface area contributed by atoms with Crippen molar-refractivity contribution >= 4 is 22.9 Å². The number of alkyl halides is 2. The third-order valence-electron chi connectivity index (χ3n) is 5.46. The van der Waals surface area contributed by atoms with E-state index < -0.39 is 12.0 Å². The number of fused-ring (bicyclic) bond motifs is 1. The average Bonchev–Trinajstić information content (AvgIpc) is 2.83. The molecule has 1 atom stereocenters. The molecule has 1 unspecified atom stereocenters. The largest absolute Gasteiger partial charge is 0.457 e. The Morgan fingerprint density at radius 2 is 1.91 bits per heavy atom. The number of aliphatic hydroxyl groups excluding tert-OH is 1. The lowest BCUT2D eigenvalue weighted by atomic mass is 10.0. The Hall–Kier alpha value is -3.58. The number of halogens is 2. The van der Waals surface area contributed by atoms with Crippen LogP contribution in [-0.4, -0.2) is 29.9 Å². The van der Waals surface area contributed by atoms with E-state index in [-0.39, 0.29) is 18.1 Å². The Labute approximate surface area is 204 Å². The van der Waals surface area contributed by atoms with Crippen molar-refractivity contribution in [2.45, 2.75) is 45.6 Å². The highest BCUT2D eigenvalue weighted by Crippen LogP contribution is 2.33. The number of ether oxygens (including phenoxy) is 1. The fourth-order valence-corrected chi connectivity index (χ4v) is 3.73. The number of carbonyl (C=O) groups excluding carboxylic acids is 1. The summed E-state index contributed by atoms with van der Waals surface area (Å²) in [5.41, 5.74) is 1.09. The standard InChI is InChI=1S/C28H30F2N2O3/c1-4-7-24(31-5-2)25(16-17-33)32-27(34)20-10-15-23-19(18-20)8-6-9-26(23)35-22-13-11-21(12-14-22)28(3,29)30/h5-15,18,25,33H,4,16-17H2,1-3H3,(H,32,34)/b24-7-,31-5?. The van der Waals surface area contributed by atoms with Gasteiger partial charge in [0, 0.05) is 36.3 Å². The van der Waals surface area contributed by atoms with Crippen LogP contribution in [0.1, 0.15) is 49.5 Å². The molecule has 0 aliphatic carbocycles. The van der Waals surface area contributed by atoms with Gasteiger partial charge in [0.2, 0.25) is 0 Å². The van der Waals surface area contributed by atoms with E-state index in [9.17, 15) is 18.7 Å². The van der Waals surface area contributed by atoms with E-state index in [1.807, 2.05) is 19.1 Å². The van der Waals surface area contributed by atoms with Crippen molar-refractivity contribution in [2.75, 3.05) is 6.61 Å². The highest BCUT2D eigenvalue weighted by molar-refractivity contribution is 6.00. The summed E-state index contributed by atoms with van der Waals surface area (Å²) in [5, 5.41) is 14.0. The highest BCUT2D eigenvalue weighted by atomic mass is 19.3. The third kappa shape index (κ3) is 6.73. The maximum Gasteiger partial charge on any atom is 0.270 e.